The molecular formula is C17H24N2O2. The molecule has 4 heteroatoms. The normalized spacial score (nSPS) is 12.3. The second-order valence-corrected chi connectivity index (χ2v) is 5.28. The van der Waals surface area contributed by atoms with Gasteiger partial charge >= 0.3 is 0 Å². The molecule has 2 aromatic rings. The number of imidazole rings is 1. The van der Waals surface area contributed by atoms with Gasteiger partial charge in [-0.1, -0.05) is 31.4 Å². The summed E-state index contributed by atoms with van der Waals surface area (Å²) in [4.78, 5) is 7.33. The van der Waals surface area contributed by atoms with E-state index < -0.39 is 0 Å². The van der Waals surface area contributed by atoms with Crippen LogP contribution in [0.3, 0.4) is 0 Å². The Morgan fingerprint density at radius 3 is 2.57 bits per heavy atom. The Balaban J connectivity index is 1.59. The number of hydrogen-bond acceptors (Lipinski definition) is 3. The molecule has 4 nitrogen and oxygen atoms in total. The van der Waals surface area contributed by atoms with Gasteiger partial charge in [-0.2, -0.15) is 0 Å². The van der Waals surface area contributed by atoms with Crippen LogP contribution in [0.1, 0.15) is 49.6 Å². The Bertz CT molecular complexity index is 494. The van der Waals surface area contributed by atoms with Crippen LogP contribution < -0.4 is 4.74 Å². The van der Waals surface area contributed by atoms with E-state index in [0.717, 1.165) is 49.2 Å². The number of methoxy groups -OCH3 is 1. The lowest BCUT2D eigenvalue weighted by atomic mass is 10.0. The highest BCUT2D eigenvalue weighted by Crippen LogP contribution is 2.22. The molecule has 0 bridgehead atoms. The lowest BCUT2D eigenvalue weighted by Crippen LogP contribution is -1.97. The molecule has 0 aliphatic heterocycles. The van der Waals surface area contributed by atoms with Crippen LogP contribution in [-0.2, 0) is 6.42 Å². The molecule has 1 aromatic carbocycles. The zero-order valence-electron chi connectivity index (χ0n) is 12.6. The van der Waals surface area contributed by atoms with E-state index in [0.29, 0.717) is 0 Å². The zero-order valence-corrected chi connectivity index (χ0v) is 12.6. The highest BCUT2D eigenvalue weighted by molar-refractivity contribution is 5.28. The summed E-state index contributed by atoms with van der Waals surface area (Å²) in [5.41, 5.74) is 0.964. The minimum atomic E-state index is -0.374. The number of benzene rings is 1. The first-order valence-electron chi connectivity index (χ1n) is 7.60. The SMILES string of the molecule is COc1ccc(C(O)CCCCCCc2ncc[nH]2)cc1. The predicted molar refractivity (Wildman–Crippen MR) is 83.3 cm³/mol. The predicted octanol–water partition coefficient (Wildman–Crippen LogP) is 3.64. The summed E-state index contributed by atoms with van der Waals surface area (Å²) in [6.07, 6.45) is 9.62. The molecule has 2 rings (SSSR count). The topological polar surface area (TPSA) is 58.1 Å². The summed E-state index contributed by atoms with van der Waals surface area (Å²) in [6, 6.07) is 7.64. The Kier molecular flexibility index (Phi) is 6.28. The van der Waals surface area contributed by atoms with Crippen LogP contribution in [0.4, 0.5) is 0 Å². The van der Waals surface area contributed by atoms with Crippen molar-refractivity contribution in [1.29, 1.82) is 0 Å². The van der Waals surface area contributed by atoms with Crippen LogP contribution in [-0.4, -0.2) is 22.2 Å². The first-order valence-corrected chi connectivity index (χ1v) is 7.60. The van der Waals surface area contributed by atoms with E-state index in [-0.39, 0.29) is 6.10 Å². The molecule has 0 amide bonds. The molecule has 0 aliphatic rings. The van der Waals surface area contributed by atoms with Gasteiger partial charge in [0.05, 0.1) is 13.2 Å². The van der Waals surface area contributed by atoms with Crippen LogP contribution in [0.2, 0.25) is 0 Å². The number of aromatic nitrogens is 2. The third kappa shape index (κ3) is 5.23. The van der Waals surface area contributed by atoms with Crippen molar-refractivity contribution in [3.63, 3.8) is 0 Å². The number of nitrogens with one attached hydrogen (secondary N) is 1. The van der Waals surface area contributed by atoms with E-state index in [4.69, 9.17) is 4.74 Å². The lowest BCUT2D eigenvalue weighted by molar-refractivity contribution is 0.163. The van der Waals surface area contributed by atoms with Gasteiger partial charge in [0.25, 0.3) is 0 Å². The Morgan fingerprint density at radius 2 is 1.90 bits per heavy atom. The highest BCUT2D eigenvalue weighted by atomic mass is 16.5. The van der Waals surface area contributed by atoms with Crippen LogP contribution in [0.15, 0.2) is 36.7 Å². The number of aromatic amines is 1. The molecule has 2 N–H and O–H groups in total. The smallest absolute Gasteiger partial charge is 0.118 e. The van der Waals surface area contributed by atoms with Crippen molar-refractivity contribution in [2.45, 2.75) is 44.6 Å². The van der Waals surface area contributed by atoms with Crippen LogP contribution in [0.5, 0.6) is 5.75 Å². The minimum Gasteiger partial charge on any atom is -0.497 e. The third-order valence-corrected chi connectivity index (χ3v) is 3.70. The average molecular weight is 288 g/mol. The fourth-order valence-corrected chi connectivity index (χ4v) is 2.41. The number of unbranched alkanes of at least 4 members (excludes halogenated alkanes) is 3. The first-order chi connectivity index (χ1) is 10.3. The zero-order chi connectivity index (χ0) is 14.9. The van der Waals surface area contributed by atoms with Gasteiger partial charge in [-0.15, -0.1) is 0 Å². The van der Waals surface area contributed by atoms with E-state index in [2.05, 4.69) is 9.97 Å². The van der Waals surface area contributed by atoms with Crippen molar-refractivity contribution in [3.05, 3.63) is 48.0 Å². The van der Waals surface area contributed by atoms with Gasteiger partial charge in [0, 0.05) is 18.8 Å². The molecule has 1 aromatic heterocycles. The average Bonchev–Trinajstić information content (AvgIpc) is 3.04. The molecule has 21 heavy (non-hydrogen) atoms. The van der Waals surface area contributed by atoms with Gasteiger partial charge < -0.3 is 14.8 Å². The van der Waals surface area contributed by atoms with E-state index in [9.17, 15) is 5.11 Å². The number of hydrogen-bond donors (Lipinski definition) is 2. The molecule has 0 radical (unpaired) electrons. The first kappa shape index (κ1) is 15.6. The number of rotatable bonds is 9. The lowest BCUT2D eigenvalue weighted by Gasteiger charge is -2.11. The number of aliphatic hydroxyl groups is 1. The van der Waals surface area contributed by atoms with E-state index >= 15 is 0 Å². The number of aliphatic hydroxyl groups excluding tert-OH is 1. The van der Waals surface area contributed by atoms with E-state index in [1.54, 1.807) is 13.3 Å². The minimum absolute atomic E-state index is 0.374. The van der Waals surface area contributed by atoms with Gasteiger partial charge in [-0.25, -0.2) is 4.98 Å². The molecular weight excluding hydrogens is 264 g/mol. The Labute approximate surface area is 126 Å². The monoisotopic (exact) mass is 288 g/mol. The van der Waals surface area contributed by atoms with Crippen molar-refractivity contribution in [3.8, 4) is 5.75 Å². The molecule has 1 atom stereocenters. The molecule has 0 spiro atoms. The maximum absolute atomic E-state index is 10.1. The molecule has 0 saturated heterocycles. The molecule has 0 saturated carbocycles. The largest absolute Gasteiger partial charge is 0.497 e. The van der Waals surface area contributed by atoms with Crippen molar-refractivity contribution >= 4 is 0 Å². The number of aryl methyl sites for hydroxylation is 1. The number of ether oxygens (including phenoxy) is 1. The standard InChI is InChI=1S/C17H24N2O2/c1-21-15-10-8-14(9-11-15)16(20)6-4-2-3-5-7-17-18-12-13-19-17/h8-13,16,20H,2-7H2,1H3,(H,18,19). The summed E-state index contributed by atoms with van der Waals surface area (Å²) in [5, 5.41) is 10.1. The van der Waals surface area contributed by atoms with Crippen molar-refractivity contribution < 1.29 is 9.84 Å². The molecule has 0 aliphatic carbocycles. The molecule has 114 valence electrons. The number of H-pyrrole nitrogens is 1. The fourth-order valence-electron chi connectivity index (χ4n) is 2.41. The quantitative estimate of drug-likeness (QED) is 0.692. The van der Waals surface area contributed by atoms with Gasteiger partial charge in [0.2, 0.25) is 0 Å². The van der Waals surface area contributed by atoms with Crippen LogP contribution in [0, 0.1) is 0 Å². The summed E-state index contributed by atoms with van der Waals surface area (Å²) in [7, 11) is 1.65. The van der Waals surface area contributed by atoms with Gasteiger partial charge in [0.1, 0.15) is 11.6 Å². The second-order valence-electron chi connectivity index (χ2n) is 5.28. The Morgan fingerprint density at radius 1 is 1.14 bits per heavy atom. The third-order valence-electron chi connectivity index (χ3n) is 3.70. The van der Waals surface area contributed by atoms with Crippen LogP contribution >= 0.6 is 0 Å². The highest BCUT2D eigenvalue weighted by Gasteiger charge is 2.07. The maximum Gasteiger partial charge on any atom is 0.118 e. The van der Waals surface area contributed by atoms with Crippen molar-refractivity contribution in [2.75, 3.05) is 7.11 Å². The summed E-state index contributed by atoms with van der Waals surface area (Å²) < 4.78 is 5.12. The summed E-state index contributed by atoms with van der Waals surface area (Å²) in [6.45, 7) is 0. The number of nitrogens with zero attached hydrogens (tertiary/aromatic N) is 1. The fraction of sp³-hybridized carbons (Fsp3) is 0.471. The van der Waals surface area contributed by atoms with Crippen molar-refractivity contribution in [2.24, 2.45) is 0 Å². The van der Waals surface area contributed by atoms with Gasteiger partial charge in [0.15, 0.2) is 0 Å². The molecule has 1 heterocycles. The van der Waals surface area contributed by atoms with Gasteiger partial charge in [-0.05, 0) is 30.5 Å². The van der Waals surface area contributed by atoms with Crippen molar-refractivity contribution in [1.82, 2.24) is 9.97 Å². The Hall–Kier alpha value is -1.81. The molecule has 0 fully saturated rings. The van der Waals surface area contributed by atoms with Gasteiger partial charge in [-0.3, -0.25) is 0 Å². The van der Waals surface area contributed by atoms with E-state index in [1.165, 1.54) is 6.42 Å². The summed E-state index contributed by atoms with van der Waals surface area (Å²) >= 11 is 0. The molecule has 1 unspecified atom stereocenters. The summed E-state index contributed by atoms with van der Waals surface area (Å²) in [5.74, 6) is 1.89. The maximum atomic E-state index is 10.1. The van der Waals surface area contributed by atoms with E-state index in [1.807, 2.05) is 30.5 Å². The second kappa shape index (κ2) is 8.47. The van der Waals surface area contributed by atoms with Crippen LogP contribution in [0.25, 0.3) is 0 Å².